The van der Waals surface area contributed by atoms with Gasteiger partial charge in [-0.2, -0.15) is 0 Å². The van der Waals surface area contributed by atoms with Gasteiger partial charge in [0.1, 0.15) is 5.76 Å². The van der Waals surface area contributed by atoms with Gasteiger partial charge in [0.2, 0.25) is 5.91 Å². The van der Waals surface area contributed by atoms with E-state index in [4.69, 9.17) is 4.42 Å². The van der Waals surface area contributed by atoms with Crippen LogP contribution < -0.4 is 5.32 Å². The Kier molecular flexibility index (Phi) is 3.71. The predicted octanol–water partition coefficient (Wildman–Crippen LogP) is 1.41. The number of hydrogen-bond acceptors (Lipinski definition) is 4. The zero-order valence-corrected chi connectivity index (χ0v) is 11.3. The van der Waals surface area contributed by atoms with Gasteiger partial charge in [-0.15, -0.1) is 0 Å². The fourth-order valence-corrected chi connectivity index (χ4v) is 2.40. The highest BCUT2D eigenvalue weighted by Crippen LogP contribution is 2.31. The zero-order valence-electron chi connectivity index (χ0n) is 11.3. The SMILES string of the molecule is CNC1CC(C)(C)CCN(Cc2cnco2)C1=O. The second-order valence-corrected chi connectivity index (χ2v) is 5.69. The molecule has 0 spiro atoms. The molecule has 1 saturated heterocycles. The van der Waals surface area contributed by atoms with Crippen LogP contribution in [0.5, 0.6) is 0 Å². The van der Waals surface area contributed by atoms with Gasteiger partial charge < -0.3 is 14.6 Å². The Morgan fingerprint density at radius 2 is 2.39 bits per heavy atom. The molecule has 0 aliphatic carbocycles. The zero-order chi connectivity index (χ0) is 13.2. The number of likely N-dealkylation sites (tertiary alicyclic amines) is 1. The molecule has 1 unspecified atom stereocenters. The first kappa shape index (κ1) is 13.1. The number of rotatable bonds is 3. The quantitative estimate of drug-likeness (QED) is 0.882. The van der Waals surface area contributed by atoms with Crippen molar-refractivity contribution in [3.8, 4) is 0 Å². The third-order valence-corrected chi connectivity index (χ3v) is 3.60. The van der Waals surface area contributed by atoms with Crippen LogP contribution in [-0.4, -0.2) is 35.4 Å². The van der Waals surface area contributed by atoms with Crippen molar-refractivity contribution < 1.29 is 9.21 Å². The number of hydrogen-bond donors (Lipinski definition) is 1. The van der Waals surface area contributed by atoms with E-state index < -0.39 is 0 Å². The minimum Gasteiger partial charge on any atom is -0.447 e. The summed E-state index contributed by atoms with van der Waals surface area (Å²) in [6, 6.07) is -0.106. The Labute approximate surface area is 108 Å². The van der Waals surface area contributed by atoms with E-state index in [1.165, 1.54) is 6.39 Å². The van der Waals surface area contributed by atoms with Crippen molar-refractivity contribution in [2.45, 2.75) is 39.3 Å². The standard InChI is InChI=1S/C13H21N3O2/c1-13(2)4-5-16(8-10-7-15-9-18-10)12(17)11(6-13)14-3/h7,9,11,14H,4-6,8H2,1-3H3. The largest absolute Gasteiger partial charge is 0.447 e. The van der Waals surface area contributed by atoms with Crippen LogP contribution in [0.4, 0.5) is 0 Å². The fraction of sp³-hybridized carbons (Fsp3) is 0.692. The van der Waals surface area contributed by atoms with Crippen molar-refractivity contribution in [1.29, 1.82) is 0 Å². The van der Waals surface area contributed by atoms with E-state index in [-0.39, 0.29) is 17.4 Å². The first-order valence-electron chi connectivity index (χ1n) is 6.35. The van der Waals surface area contributed by atoms with Gasteiger partial charge in [0.15, 0.2) is 6.39 Å². The Bertz CT molecular complexity index is 400. The lowest BCUT2D eigenvalue weighted by molar-refractivity contribution is -0.133. The van der Waals surface area contributed by atoms with Gasteiger partial charge in [0.25, 0.3) is 0 Å². The molecule has 1 aromatic heterocycles. The molecular formula is C13H21N3O2. The maximum absolute atomic E-state index is 12.4. The van der Waals surface area contributed by atoms with Crippen LogP contribution in [0.2, 0.25) is 0 Å². The summed E-state index contributed by atoms with van der Waals surface area (Å²) in [4.78, 5) is 18.1. The van der Waals surface area contributed by atoms with Crippen molar-refractivity contribution in [2.24, 2.45) is 5.41 Å². The maximum Gasteiger partial charge on any atom is 0.240 e. The molecular weight excluding hydrogens is 230 g/mol. The van der Waals surface area contributed by atoms with Crippen molar-refractivity contribution in [3.05, 3.63) is 18.4 Å². The number of likely N-dealkylation sites (N-methyl/N-ethyl adjacent to an activating group) is 1. The number of amides is 1. The number of oxazole rings is 1. The molecule has 0 saturated carbocycles. The molecule has 1 N–H and O–H groups in total. The van der Waals surface area contributed by atoms with E-state index in [1.807, 2.05) is 11.9 Å². The van der Waals surface area contributed by atoms with Crippen molar-refractivity contribution >= 4 is 5.91 Å². The maximum atomic E-state index is 12.4. The Morgan fingerprint density at radius 1 is 1.61 bits per heavy atom. The molecule has 1 aliphatic heterocycles. The highest BCUT2D eigenvalue weighted by Gasteiger charge is 2.34. The van der Waals surface area contributed by atoms with Crippen LogP contribution in [0.25, 0.3) is 0 Å². The molecule has 100 valence electrons. The van der Waals surface area contributed by atoms with E-state index >= 15 is 0 Å². The molecule has 1 atom stereocenters. The average Bonchev–Trinajstić information content (AvgIpc) is 2.79. The van der Waals surface area contributed by atoms with Crippen LogP contribution in [-0.2, 0) is 11.3 Å². The van der Waals surface area contributed by atoms with Crippen molar-refractivity contribution in [1.82, 2.24) is 15.2 Å². The second kappa shape index (κ2) is 5.10. The monoisotopic (exact) mass is 251 g/mol. The highest BCUT2D eigenvalue weighted by atomic mass is 16.3. The van der Waals surface area contributed by atoms with E-state index in [2.05, 4.69) is 24.1 Å². The van der Waals surface area contributed by atoms with Gasteiger partial charge >= 0.3 is 0 Å². The number of carbonyl (C=O) groups is 1. The molecule has 5 nitrogen and oxygen atoms in total. The Balaban J connectivity index is 2.12. The van der Waals surface area contributed by atoms with E-state index in [0.717, 1.165) is 25.1 Å². The molecule has 2 heterocycles. The number of nitrogens with one attached hydrogen (secondary N) is 1. The molecule has 0 radical (unpaired) electrons. The Morgan fingerprint density at radius 3 is 3.00 bits per heavy atom. The third-order valence-electron chi connectivity index (χ3n) is 3.60. The smallest absolute Gasteiger partial charge is 0.240 e. The predicted molar refractivity (Wildman–Crippen MR) is 67.8 cm³/mol. The summed E-state index contributed by atoms with van der Waals surface area (Å²) < 4.78 is 5.22. The van der Waals surface area contributed by atoms with E-state index in [0.29, 0.717) is 6.54 Å². The summed E-state index contributed by atoms with van der Waals surface area (Å²) in [6.07, 6.45) is 4.94. The van der Waals surface area contributed by atoms with E-state index in [9.17, 15) is 4.79 Å². The first-order chi connectivity index (χ1) is 8.52. The van der Waals surface area contributed by atoms with Gasteiger partial charge in [0, 0.05) is 6.54 Å². The summed E-state index contributed by atoms with van der Waals surface area (Å²) in [7, 11) is 1.84. The van der Waals surface area contributed by atoms with Gasteiger partial charge in [-0.3, -0.25) is 4.79 Å². The lowest BCUT2D eigenvalue weighted by atomic mass is 9.83. The van der Waals surface area contributed by atoms with Gasteiger partial charge in [-0.1, -0.05) is 13.8 Å². The van der Waals surface area contributed by atoms with Crippen molar-refractivity contribution in [3.63, 3.8) is 0 Å². The molecule has 1 fully saturated rings. The molecule has 18 heavy (non-hydrogen) atoms. The first-order valence-corrected chi connectivity index (χ1v) is 6.35. The fourth-order valence-electron chi connectivity index (χ4n) is 2.40. The molecule has 2 rings (SSSR count). The average molecular weight is 251 g/mol. The molecule has 1 aromatic rings. The second-order valence-electron chi connectivity index (χ2n) is 5.69. The van der Waals surface area contributed by atoms with E-state index in [1.54, 1.807) is 6.20 Å². The molecule has 0 bridgehead atoms. The molecule has 1 aliphatic rings. The van der Waals surface area contributed by atoms with Gasteiger partial charge in [0.05, 0.1) is 18.8 Å². The summed E-state index contributed by atoms with van der Waals surface area (Å²) in [5.41, 5.74) is 0.180. The molecule has 0 aromatic carbocycles. The molecule has 1 amide bonds. The Hall–Kier alpha value is -1.36. The lowest BCUT2D eigenvalue weighted by Crippen LogP contribution is -2.44. The minimum atomic E-state index is -0.106. The normalized spacial score (nSPS) is 24.1. The summed E-state index contributed by atoms with van der Waals surface area (Å²) in [5, 5.41) is 3.12. The lowest BCUT2D eigenvalue weighted by Gasteiger charge is -2.24. The van der Waals surface area contributed by atoms with Gasteiger partial charge in [-0.25, -0.2) is 4.98 Å². The summed E-state index contributed by atoms with van der Waals surface area (Å²) in [6.45, 7) is 5.70. The van der Waals surface area contributed by atoms with Crippen LogP contribution in [0.1, 0.15) is 32.4 Å². The van der Waals surface area contributed by atoms with Crippen LogP contribution in [0.3, 0.4) is 0 Å². The van der Waals surface area contributed by atoms with Crippen LogP contribution in [0.15, 0.2) is 17.0 Å². The third kappa shape index (κ3) is 2.90. The molecule has 5 heteroatoms. The van der Waals surface area contributed by atoms with Gasteiger partial charge in [-0.05, 0) is 25.3 Å². The van der Waals surface area contributed by atoms with Crippen molar-refractivity contribution in [2.75, 3.05) is 13.6 Å². The summed E-state index contributed by atoms with van der Waals surface area (Å²) in [5.74, 6) is 0.886. The topological polar surface area (TPSA) is 58.4 Å². The number of carbonyl (C=O) groups excluding carboxylic acids is 1. The number of nitrogens with zero attached hydrogens (tertiary/aromatic N) is 2. The minimum absolute atomic E-state index is 0.106. The van der Waals surface area contributed by atoms with Crippen LogP contribution >= 0.6 is 0 Å². The number of aromatic nitrogens is 1. The highest BCUT2D eigenvalue weighted by molar-refractivity contribution is 5.82. The van der Waals surface area contributed by atoms with Crippen LogP contribution in [0, 0.1) is 5.41 Å². The summed E-state index contributed by atoms with van der Waals surface area (Å²) >= 11 is 0.